The van der Waals surface area contributed by atoms with Gasteiger partial charge >= 0.3 is 17.8 Å². The van der Waals surface area contributed by atoms with Crippen molar-refractivity contribution in [1.82, 2.24) is 15.1 Å². The monoisotopic (exact) mass is 436 g/mol. The quantitative estimate of drug-likeness (QED) is 0.607. The number of hydrogen-bond donors (Lipinski definition) is 2. The number of methoxy groups -OCH3 is 1. The number of aromatic nitrogens is 2. The number of amides is 2. The van der Waals surface area contributed by atoms with E-state index in [4.69, 9.17) is 9.15 Å². The van der Waals surface area contributed by atoms with E-state index >= 15 is 0 Å². The Kier molecular flexibility index (Phi) is 6.20. The summed E-state index contributed by atoms with van der Waals surface area (Å²) in [6.07, 6.45) is 0. The standard InChI is InChI=1S/C22H24N6O4/c1-15(29)27-10-12-28(13-11-27)18-8-6-16(7-9-18)23-20(30)21-25-26-22(32-21)24-17-4-3-5-19(14-17)31-2/h3-9,14H,10-13H2,1-2H3,(H,23,30)(H,24,26). The van der Waals surface area contributed by atoms with Gasteiger partial charge in [0, 0.05) is 56.2 Å². The van der Waals surface area contributed by atoms with Crippen molar-refractivity contribution < 1.29 is 18.7 Å². The lowest BCUT2D eigenvalue weighted by Gasteiger charge is -2.35. The largest absolute Gasteiger partial charge is 0.497 e. The average Bonchev–Trinajstić information content (AvgIpc) is 3.28. The normalized spacial score (nSPS) is 13.6. The second-order valence-electron chi connectivity index (χ2n) is 7.26. The van der Waals surface area contributed by atoms with Crippen LogP contribution < -0.4 is 20.3 Å². The molecule has 2 amide bonds. The van der Waals surface area contributed by atoms with Gasteiger partial charge in [0.15, 0.2) is 0 Å². The van der Waals surface area contributed by atoms with E-state index in [9.17, 15) is 9.59 Å². The maximum atomic E-state index is 12.5. The molecule has 1 aromatic heterocycles. The third kappa shape index (κ3) is 4.97. The van der Waals surface area contributed by atoms with Crippen molar-refractivity contribution in [3.05, 3.63) is 54.4 Å². The molecule has 0 bridgehead atoms. The topological polar surface area (TPSA) is 113 Å². The van der Waals surface area contributed by atoms with Gasteiger partial charge in [-0.05, 0) is 36.4 Å². The van der Waals surface area contributed by atoms with E-state index in [-0.39, 0.29) is 17.8 Å². The lowest BCUT2D eigenvalue weighted by Crippen LogP contribution is -2.48. The van der Waals surface area contributed by atoms with Crippen LogP contribution in [0.5, 0.6) is 5.75 Å². The predicted octanol–water partition coefficient (Wildman–Crippen LogP) is 2.74. The van der Waals surface area contributed by atoms with Crippen molar-refractivity contribution in [3.63, 3.8) is 0 Å². The van der Waals surface area contributed by atoms with E-state index in [1.54, 1.807) is 20.1 Å². The van der Waals surface area contributed by atoms with Gasteiger partial charge in [-0.1, -0.05) is 11.2 Å². The molecule has 1 fully saturated rings. The van der Waals surface area contributed by atoms with Gasteiger partial charge in [0.1, 0.15) is 5.75 Å². The minimum Gasteiger partial charge on any atom is -0.497 e. The number of carbonyl (C=O) groups excluding carboxylic acids is 2. The molecule has 1 aliphatic rings. The Morgan fingerprint density at radius 3 is 2.44 bits per heavy atom. The molecule has 2 heterocycles. The molecule has 4 rings (SSSR count). The van der Waals surface area contributed by atoms with Crippen LogP contribution >= 0.6 is 0 Å². The fourth-order valence-electron chi connectivity index (χ4n) is 3.41. The fourth-order valence-corrected chi connectivity index (χ4v) is 3.41. The molecular formula is C22H24N6O4. The number of piperazine rings is 1. The van der Waals surface area contributed by atoms with Crippen molar-refractivity contribution in [2.24, 2.45) is 0 Å². The maximum Gasteiger partial charge on any atom is 0.320 e. The SMILES string of the molecule is COc1cccc(Nc2nnc(C(=O)Nc3ccc(N4CCN(C(C)=O)CC4)cc3)o2)c1. The van der Waals surface area contributed by atoms with Crippen molar-refractivity contribution in [3.8, 4) is 5.75 Å². The Bertz CT molecular complexity index is 1090. The number of hydrogen-bond acceptors (Lipinski definition) is 8. The summed E-state index contributed by atoms with van der Waals surface area (Å²) < 4.78 is 10.6. The van der Waals surface area contributed by atoms with E-state index in [0.717, 1.165) is 18.8 Å². The number of carbonyl (C=O) groups is 2. The highest BCUT2D eigenvalue weighted by atomic mass is 16.5. The lowest BCUT2D eigenvalue weighted by atomic mass is 10.2. The fraction of sp³-hybridized carbons (Fsp3) is 0.273. The minimum atomic E-state index is -0.501. The highest BCUT2D eigenvalue weighted by molar-refractivity contribution is 6.01. The molecule has 166 valence electrons. The summed E-state index contributed by atoms with van der Waals surface area (Å²) in [7, 11) is 1.58. The van der Waals surface area contributed by atoms with Crippen LogP contribution in [0.1, 0.15) is 17.6 Å². The van der Waals surface area contributed by atoms with Crippen LogP contribution in [0, 0.1) is 0 Å². The van der Waals surface area contributed by atoms with Crippen LogP contribution in [-0.4, -0.2) is 60.2 Å². The van der Waals surface area contributed by atoms with Crippen molar-refractivity contribution in [2.45, 2.75) is 6.92 Å². The Morgan fingerprint density at radius 2 is 1.75 bits per heavy atom. The lowest BCUT2D eigenvalue weighted by molar-refractivity contribution is -0.129. The van der Waals surface area contributed by atoms with Crippen molar-refractivity contribution in [2.75, 3.05) is 48.8 Å². The van der Waals surface area contributed by atoms with Gasteiger partial charge in [-0.15, -0.1) is 5.10 Å². The number of rotatable bonds is 6. The van der Waals surface area contributed by atoms with Crippen molar-refractivity contribution in [1.29, 1.82) is 0 Å². The van der Waals surface area contributed by atoms with E-state index in [1.165, 1.54) is 0 Å². The first-order valence-electron chi connectivity index (χ1n) is 10.2. The van der Waals surface area contributed by atoms with E-state index < -0.39 is 5.91 Å². The zero-order valence-corrected chi connectivity index (χ0v) is 17.9. The molecular weight excluding hydrogens is 412 g/mol. The molecule has 10 heteroatoms. The Morgan fingerprint density at radius 1 is 1.00 bits per heavy atom. The highest BCUT2D eigenvalue weighted by Crippen LogP contribution is 2.22. The summed E-state index contributed by atoms with van der Waals surface area (Å²) in [6.45, 7) is 4.55. The molecule has 1 aliphatic heterocycles. The number of ether oxygens (including phenoxy) is 1. The Hall–Kier alpha value is -4.08. The molecule has 0 atom stereocenters. The molecule has 32 heavy (non-hydrogen) atoms. The third-order valence-corrected chi connectivity index (χ3v) is 5.16. The predicted molar refractivity (Wildman–Crippen MR) is 119 cm³/mol. The summed E-state index contributed by atoms with van der Waals surface area (Å²) in [5, 5.41) is 13.4. The molecule has 0 aliphatic carbocycles. The van der Waals surface area contributed by atoms with Gasteiger partial charge in [0.05, 0.1) is 7.11 Å². The van der Waals surface area contributed by atoms with Crippen LogP contribution in [-0.2, 0) is 4.79 Å². The van der Waals surface area contributed by atoms with Crippen molar-refractivity contribution >= 4 is 34.9 Å². The van der Waals surface area contributed by atoms with E-state index in [0.29, 0.717) is 30.2 Å². The first kappa shape index (κ1) is 21.2. The summed E-state index contributed by atoms with van der Waals surface area (Å²) in [5.74, 6) is 0.126. The van der Waals surface area contributed by atoms with Gasteiger partial charge in [-0.3, -0.25) is 9.59 Å². The van der Waals surface area contributed by atoms with Gasteiger partial charge in [-0.2, -0.15) is 0 Å². The van der Waals surface area contributed by atoms with Gasteiger partial charge in [-0.25, -0.2) is 0 Å². The van der Waals surface area contributed by atoms with E-state index in [2.05, 4.69) is 25.7 Å². The molecule has 1 saturated heterocycles. The van der Waals surface area contributed by atoms with E-state index in [1.807, 2.05) is 47.4 Å². The molecule has 2 N–H and O–H groups in total. The highest BCUT2D eigenvalue weighted by Gasteiger charge is 2.19. The van der Waals surface area contributed by atoms with Gasteiger partial charge in [0.2, 0.25) is 5.91 Å². The first-order valence-corrected chi connectivity index (χ1v) is 10.2. The van der Waals surface area contributed by atoms with Gasteiger partial charge < -0.3 is 29.6 Å². The van der Waals surface area contributed by atoms with Crippen LogP contribution in [0.2, 0.25) is 0 Å². The zero-order valence-electron chi connectivity index (χ0n) is 17.9. The molecule has 10 nitrogen and oxygen atoms in total. The van der Waals surface area contributed by atoms with Crippen LogP contribution in [0.25, 0.3) is 0 Å². The zero-order chi connectivity index (χ0) is 22.5. The molecule has 2 aromatic carbocycles. The molecule has 0 radical (unpaired) electrons. The van der Waals surface area contributed by atoms with Crippen LogP contribution in [0.15, 0.2) is 52.9 Å². The third-order valence-electron chi connectivity index (χ3n) is 5.16. The molecule has 0 unspecified atom stereocenters. The number of anilines is 4. The Balaban J connectivity index is 1.34. The molecule has 0 spiro atoms. The molecule has 3 aromatic rings. The second kappa shape index (κ2) is 9.38. The second-order valence-corrected chi connectivity index (χ2v) is 7.26. The van der Waals surface area contributed by atoms with Crippen LogP contribution in [0.3, 0.4) is 0 Å². The number of nitrogens with zero attached hydrogens (tertiary/aromatic N) is 4. The minimum absolute atomic E-state index is 0.100. The summed E-state index contributed by atoms with van der Waals surface area (Å²) in [5.41, 5.74) is 2.34. The average molecular weight is 436 g/mol. The van der Waals surface area contributed by atoms with Crippen LogP contribution in [0.4, 0.5) is 23.1 Å². The first-order chi connectivity index (χ1) is 15.5. The summed E-state index contributed by atoms with van der Waals surface area (Å²) in [4.78, 5) is 28.0. The Labute approximate surface area is 185 Å². The smallest absolute Gasteiger partial charge is 0.320 e. The summed E-state index contributed by atoms with van der Waals surface area (Å²) >= 11 is 0. The number of benzene rings is 2. The number of nitrogens with one attached hydrogen (secondary N) is 2. The molecule has 0 saturated carbocycles. The summed E-state index contributed by atoms with van der Waals surface area (Å²) in [6, 6.07) is 14.8. The van der Waals surface area contributed by atoms with Gasteiger partial charge in [0.25, 0.3) is 0 Å². The maximum absolute atomic E-state index is 12.5.